The molecule has 0 spiro atoms. The molecule has 1 atom stereocenters. The summed E-state index contributed by atoms with van der Waals surface area (Å²) in [6.07, 6.45) is 0.847. The van der Waals surface area contributed by atoms with E-state index in [2.05, 4.69) is 33.4 Å². The molecule has 1 aromatic carbocycles. The van der Waals surface area contributed by atoms with E-state index in [-0.39, 0.29) is 6.04 Å². The molecule has 0 aliphatic carbocycles. The van der Waals surface area contributed by atoms with Gasteiger partial charge in [-0.2, -0.15) is 0 Å². The van der Waals surface area contributed by atoms with Crippen molar-refractivity contribution in [2.45, 2.75) is 19.4 Å². The third-order valence-electron chi connectivity index (χ3n) is 2.71. The van der Waals surface area contributed by atoms with Gasteiger partial charge in [0, 0.05) is 26.8 Å². The summed E-state index contributed by atoms with van der Waals surface area (Å²) in [5.41, 5.74) is 8.42. The first-order valence-electron chi connectivity index (χ1n) is 5.31. The molecule has 1 unspecified atom stereocenters. The van der Waals surface area contributed by atoms with Gasteiger partial charge in [0.05, 0.1) is 0 Å². The van der Waals surface area contributed by atoms with Crippen LogP contribution in [0.4, 0.5) is 0 Å². The van der Waals surface area contributed by atoms with E-state index in [1.807, 2.05) is 19.1 Å². The van der Waals surface area contributed by atoms with Crippen molar-refractivity contribution < 1.29 is 0 Å². The van der Waals surface area contributed by atoms with Crippen molar-refractivity contribution in [2.24, 2.45) is 5.73 Å². The number of hydrogen-bond acceptors (Lipinski definition) is 2. The molecule has 0 amide bonds. The first-order chi connectivity index (χ1) is 8.08. The third-order valence-corrected chi connectivity index (χ3v) is 5.08. The van der Waals surface area contributed by atoms with Crippen molar-refractivity contribution in [3.8, 4) is 0 Å². The summed E-state index contributed by atoms with van der Waals surface area (Å²) in [5.74, 6) is 0. The fourth-order valence-electron chi connectivity index (χ4n) is 1.69. The first kappa shape index (κ1) is 13.1. The minimum Gasteiger partial charge on any atom is -0.324 e. The highest BCUT2D eigenvalue weighted by atomic mass is 79.9. The SMILES string of the molecule is Cc1cc(C(N)Cc2sccc2Br)ccc1Cl. The van der Waals surface area contributed by atoms with E-state index >= 15 is 0 Å². The number of aryl methyl sites for hydroxylation is 1. The first-order valence-corrected chi connectivity index (χ1v) is 7.36. The molecule has 4 heteroatoms. The second-order valence-corrected chi connectivity index (χ2v) is 6.27. The van der Waals surface area contributed by atoms with Crippen LogP contribution in [0.25, 0.3) is 0 Å². The lowest BCUT2D eigenvalue weighted by Crippen LogP contribution is -2.13. The van der Waals surface area contributed by atoms with Gasteiger partial charge in [-0.15, -0.1) is 11.3 Å². The molecule has 1 nitrogen and oxygen atoms in total. The van der Waals surface area contributed by atoms with Crippen LogP contribution in [0.5, 0.6) is 0 Å². The van der Waals surface area contributed by atoms with Crippen molar-refractivity contribution in [2.75, 3.05) is 0 Å². The number of hydrogen-bond donors (Lipinski definition) is 1. The van der Waals surface area contributed by atoms with Crippen LogP contribution in [0.2, 0.25) is 5.02 Å². The van der Waals surface area contributed by atoms with Gasteiger partial charge in [-0.3, -0.25) is 0 Å². The van der Waals surface area contributed by atoms with Gasteiger partial charge in [-0.25, -0.2) is 0 Å². The fraction of sp³-hybridized carbons (Fsp3) is 0.231. The fourth-order valence-corrected chi connectivity index (χ4v) is 3.38. The minimum absolute atomic E-state index is 0.0147. The monoisotopic (exact) mass is 329 g/mol. The number of halogens is 2. The van der Waals surface area contributed by atoms with Gasteiger partial charge in [0.2, 0.25) is 0 Å². The van der Waals surface area contributed by atoms with Gasteiger partial charge in [-0.1, -0.05) is 23.7 Å². The molecule has 90 valence electrons. The lowest BCUT2D eigenvalue weighted by molar-refractivity contribution is 0.728. The Labute approximate surface area is 119 Å². The summed E-state index contributed by atoms with van der Waals surface area (Å²) in [7, 11) is 0. The Bertz CT molecular complexity index is 524. The van der Waals surface area contributed by atoms with E-state index < -0.39 is 0 Å². The standard InChI is InChI=1S/C13H13BrClNS/c1-8-6-9(2-3-11(8)15)12(16)7-13-10(14)4-5-17-13/h2-6,12H,7,16H2,1H3. The summed E-state index contributed by atoms with van der Waals surface area (Å²) >= 11 is 11.3. The number of thiophene rings is 1. The summed E-state index contributed by atoms with van der Waals surface area (Å²) in [6.45, 7) is 2.00. The van der Waals surface area contributed by atoms with Gasteiger partial charge in [0.25, 0.3) is 0 Å². The molecule has 0 radical (unpaired) electrons. The summed E-state index contributed by atoms with van der Waals surface area (Å²) in [6, 6.07) is 8.05. The maximum absolute atomic E-state index is 6.22. The molecule has 0 saturated heterocycles. The zero-order chi connectivity index (χ0) is 12.4. The maximum atomic E-state index is 6.22. The van der Waals surface area contributed by atoms with E-state index in [1.165, 1.54) is 4.88 Å². The van der Waals surface area contributed by atoms with E-state index in [9.17, 15) is 0 Å². The summed E-state index contributed by atoms with van der Waals surface area (Å²) in [5, 5.41) is 2.86. The molecule has 0 aliphatic heterocycles. The van der Waals surface area contributed by atoms with Crippen LogP contribution in [0, 0.1) is 6.92 Å². The molecule has 0 aliphatic rings. The Balaban J connectivity index is 2.17. The Morgan fingerprint density at radius 2 is 2.18 bits per heavy atom. The number of rotatable bonds is 3. The zero-order valence-electron chi connectivity index (χ0n) is 9.41. The largest absolute Gasteiger partial charge is 0.324 e. The smallest absolute Gasteiger partial charge is 0.0435 e. The topological polar surface area (TPSA) is 26.0 Å². The van der Waals surface area contributed by atoms with Crippen molar-refractivity contribution >= 4 is 38.9 Å². The average molecular weight is 331 g/mol. The van der Waals surface area contributed by atoms with Crippen LogP contribution in [0.3, 0.4) is 0 Å². The predicted octanol–water partition coefficient (Wildman–Crippen LogP) is 4.71. The minimum atomic E-state index is 0.0147. The third kappa shape index (κ3) is 3.10. The van der Waals surface area contributed by atoms with Crippen LogP contribution >= 0.6 is 38.9 Å². The highest BCUT2D eigenvalue weighted by Gasteiger charge is 2.11. The van der Waals surface area contributed by atoms with Crippen molar-refractivity contribution in [1.82, 2.24) is 0 Å². The van der Waals surface area contributed by atoms with Gasteiger partial charge in [0.1, 0.15) is 0 Å². The van der Waals surface area contributed by atoms with E-state index in [0.717, 1.165) is 27.0 Å². The quantitative estimate of drug-likeness (QED) is 0.866. The van der Waals surface area contributed by atoms with E-state index in [0.29, 0.717) is 0 Å². The Kier molecular flexibility index (Phi) is 4.26. The van der Waals surface area contributed by atoms with Gasteiger partial charge in [-0.05, 0) is 51.5 Å². The van der Waals surface area contributed by atoms with Gasteiger partial charge in [0.15, 0.2) is 0 Å². The van der Waals surface area contributed by atoms with Gasteiger partial charge >= 0.3 is 0 Å². The molecule has 2 N–H and O–H groups in total. The number of benzene rings is 1. The van der Waals surface area contributed by atoms with Gasteiger partial charge < -0.3 is 5.73 Å². The normalized spacial score (nSPS) is 12.7. The predicted molar refractivity (Wildman–Crippen MR) is 78.8 cm³/mol. The molecule has 0 bridgehead atoms. The molecule has 1 heterocycles. The molecular formula is C13H13BrClNS. The molecule has 2 rings (SSSR count). The van der Waals surface area contributed by atoms with Crippen LogP contribution in [0.1, 0.15) is 22.0 Å². The molecule has 2 aromatic rings. The summed E-state index contributed by atoms with van der Waals surface area (Å²) < 4.78 is 1.14. The van der Waals surface area contributed by atoms with Crippen LogP contribution in [-0.2, 0) is 6.42 Å². The second-order valence-electron chi connectivity index (χ2n) is 4.01. The Morgan fingerprint density at radius 1 is 1.41 bits per heavy atom. The molecule has 0 saturated carbocycles. The van der Waals surface area contributed by atoms with Crippen molar-refractivity contribution in [3.63, 3.8) is 0 Å². The van der Waals surface area contributed by atoms with Crippen LogP contribution in [-0.4, -0.2) is 0 Å². The summed E-state index contributed by atoms with van der Waals surface area (Å²) in [4.78, 5) is 1.28. The molecule has 17 heavy (non-hydrogen) atoms. The van der Waals surface area contributed by atoms with Crippen molar-refractivity contribution in [3.05, 3.63) is 55.1 Å². The lowest BCUT2D eigenvalue weighted by Gasteiger charge is -2.12. The Morgan fingerprint density at radius 3 is 2.76 bits per heavy atom. The zero-order valence-corrected chi connectivity index (χ0v) is 12.6. The molecular weight excluding hydrogens is 318 g/mol. The van der Waals surface area contributed by atoms with Crippen LogP contribution in [0.15, 0.2) is 34.1 Å². The number of nitrogens with two attached hydrogens (primary N) is 1. The van der Waals surface area contributed by atoms with E-state index in [4.69, 9.17) is 17.3 Å². The second kappa shape index (κ2) is 5.53. The Hall–Kier alpha value is -0.350. The molecule has 1 aromatic heterocycles. The maximum Gasteiger partial charge on any atom is 0.0435 e. The van der Waals surface area contributed by atoms with Crippen molar-refractivity contribution in [1.29, 1.82) is 0 Å². The lowest BCUT2D eigenvalue weighted by atomic mass is 10.0. The van der Waals surface area contributed by atoms with Crippen LogP contribution < -0.4 is 5.73 Å². The highest BCUT2D eigenvalue weighted by molar-refractivity contribution is 9.10. The highest BCUT2D eigenvalue weighted by Crippen LogP contribution is 2.28. The average Bonchev–Trinajstić information content (AvgIpc) is 2.68. The van der Waals surface area contributed by atoms with E-state index in [1.54, 1.807) is 11.3 Å². The molecule has 0 fully saturated rings.